The van der Waals surface area contributed by atoms with Gasteiger partial charge < -0.3 is 10.3 Å². The zero-order chi connectivity index (χ0) is 14.8. The van der Waals surface area contributed by atoms with Crippen LogP contribution in [0.5, 0.6) is 0 Å². The van der Waals surface area contributed by atoms with Crippen molar-refractivity contribution in [2.75, 3.05) is 0 Å². The second-order valence-electron chi connectivity index (χ2n) is 6.05. The van der Waals surface area contributed by atoms with Crippen molar-refractivity contribution >= 4 is 0 Å². The minimum absolute atomic E-state index is 0.296. The van der Waals surface area contributed by atoms with Gasteiger partial charge in [0, 0.05) is 12.0 Å². The summed E-state index contributed by atoms with van der Waals surface area (Å²) in [5, 5.41) is 8.87. The molecule has 1 aromatic heterocycles. The molecule has 4 nitrogen and oxygen atoms in total. The van der Waals surface area contributed by atoms with Gasteiger partial charge >= 0.3 is 0 Å². The first kappa shape index (κ1) is 14.3. The standard InChI is InChI=1S/C17H24N4/c1-3-12(2)16(13-7-5-4-6-8-13)17-20-19-15(11-18)21(17)14-9-10-14/h4-8,12,14,16H,3,9-11,18H2,1-2H3. The van der Waals surface area contributed by atoms with Crippen molar-refractivity contribution in [3.63, 3.8) is 0 Å². The van der Waals surface area contributed by atoms with Crippen LogP contribution in [0.15, 0.2) is 30.3 Å². The molecule has 1 saturated carbocycles. The zero-order valence-corrected chi connectivity index (χ0v) is 12.9. The minimum atomic E-state index is 0.296. The number of rotatable bonds is 6. The van der Waals surface area contributed by atoms with Crippen molar-refractivity contribution in [3.05, 3.63) is 47.5 Å². The second kappa shape index (κ2) is 5.98. The maximum Gasteiger partial charge on any atom is 0.147 e. The summed E-state index contributed by atoms with van der Waals surface area (Å²) in [6.07, 6.45) is 3.56. The maximum atomic E-state index is 5.85. The smallest absolute Gasteiger partial charge is 0.147 e. The third kappa shape index (κ3) is 2.72. The molecule has 1 aliphatic rings. The molecule has 1 aliphatic carbocycles. The van der Waals surface area contributed by atoms with Crippen LogP contribution in [-0.4, -0.2) is 14.8 Å². The summed E-state index contributed by atoms with van der Waals surface area (Å²) in [7, 11) is 0. The molecule has 0 bridgehead atoms. The lowest BCUT2D eigenvalue weighted by Gasteiger charge is -2.24. The van der Waals surface area contributed by atoms with E-state index in [4.69, 9.17) is 5.73 Å². The van der Waals surface area contributed by atoms with Crippen molar-refractivity contribution in [2.45, 2.75) is 51.6 Å². The predicted octanol–water partition coefficient (Wildman–Crippen LogP) is 3.25. The lowest BCUT2D eigenvalue weighted by molar-refractivity contribution is 0.457. The molecule has 2 unspecified atom stereocenters. The van der Waals surface area contributed by atoms with Gasteiger partial charge in [-0.3, -0.25) is 0 Å². The summed E-state index contributed by atoms with van der Waals surface area (Å²) in [6, 6.07) is 11.2. The van der Waals surface area contributed by atoms with Gasteiger partial charge in [-0.15, -0.1) is 10.2 Å². The molecule has 1 aromatic carbocycles. The molecule has 0 amide bonds. The third-order valence-electron chi connectivity index (χ3n) is 4.54. The van der Waals surface area contributed by atoms with Gasteiger partial charge in [-0.05, 0) is 24.3 Å². The second-order valence-corrected chi connectivity index (χ2v) is 6.05. The van der Waals surface area contributed by atoms with Crippen LogP contribution in [0.4, 0.5) is 0 Å². The van der Waals surface area contributed by atoms with Crippen LogP contribution in [-0.2, 0) is 6.54 Å². The highest BCUT2D eigenvalue weighted by Gasteiger charge is 2.33. The van der Waals surface area contributed by atoms with Crippen LogP contribution >= 0.6 is 0 Å². The average molecular weight is 284 g/mol. The molecule has 1 fully saturated rings. The molecular weight excluding hydrogens is 260 g/mol. The third-order valence-corrected chi connectivity index (χ3v) is 4.54. The van der Waals surface area contributed by atoms with Gasteiger partial charge in [0.2, 0.25) is 0 Å². The molecule has 3 rings (SSSR count). The quantitative estimate of drug-likeness (QED) is 0.886. The fourth-order valence-electron chi connectivity index (χ4n) is 3.05. The van der Waals surface area contributed by atoms with E-state index in [1.807, 2.05) is 0 Å². The number of benzene rings is 1. The highest BCUT2D eigenvalue weighted by molar-refractivity contribution is 5.27. The summed E-state index contributed by atoms with van der Waals surface area (Å²) in [5.74, 6) is 2.85. The lowest BCUT2D eigenvalue weighted by atomic mass is 9.85. The van der Waals surface area contributed by atoms with E-state index in [0.29, 0.717) is 24.4 Å². The normalized spacial score (nSPS) is 17.7. The molecule has 1 heterocycles. The van der Waals surface area contributed by atoms with Gasteiger partial charge in [0.05, 0.1) is 6.54 Å². The van der Waals surface area contributed by atoms with Gasteiger partial charge in [0.1, 0.15) is 11.6 Å². The Balaban J connectivity index is 2.07. The van der Waals surface area contributed by atoms with Crippen LogP contribution in [0.3, 0.4) is 0 Å². The van der Waals surface area contributed by atoms with Crippen LogP contribution < -0.4 is 5.73 Å². The predicted molar refractivity (Wildman–Crippen MR) is 83.9 cm³/mol. The number of hydrogen-bond donors (Lipinski definition) is 1. The van der Waals surface area contributed by atoms with E-state index in [2.05, 4.69) is 58.9 Å². The van der Waals surface area contributed by atoms with Gasteiger partial charge in [-0.2, -0.15) is 0 Å². The monoisotopic (exact) mass is 284 g/mol. The summed E-state index contributed by atoms with van der Waals surface area (Å²) < 4.78 is 2.31. The molecule has 2 atom stereocenters. The Morgan fingerprint density at radius 3 is 2.52 bits per heavy atom. The lowest BCUT2D eigenvalue weighted by Crippen LogP contribution is -2.18. The van der Waals surface area contributed by atoms with Crippen molar-refractivity contribution in [2.24, 2.45) is 11.7 Å². The van der Waals surface area contributed by atoms with Crippen molar-refractivity contribution in [1.82, 2.24) is 14.8 Å². The van der Waals surface area contributed by atoms with Crippen LogP contribution in [0, 0.1) is 5.92 Å². The minimum Gasteiger partial charge on any atom is -0.324 e. The Bertz CT molecular complexity index is 586. The number of hydrogen-bond acceptors (Lipinski definition) is 3. The highest BCUT2D eigenvalue weighted by atomic mass is 15.3. The van der Waals surface area contributed by atoms with Crippen LogP contribution in [0.2, 0.25) is 0 Å². The maximum absolute atomic E-state index is 5.85. The van der Waals surface area contributed by atoms with Crippen molar-refractivity contribution in [1.29, 1.82) is 0 Å². The van der Waals surface area contributed by atoms with E-state index in [0.717, 1.165) is 18.1 Å². The Morgan fingerprint density at radius 1 is 1.24 bits per heavy atom. The van der Waals surface area contributed by atoms with Gasteiger partial charge in [0.25, 0.3) is 0 Å². The molecule has 4 heteroatoms. The fourth-order valence-corrected chi connectivity index (χ4v) is 3.05. The first-order chi connectivity index (χ1) is 10.3. The topological polar surface area (TPSA) is 56.7 Å². The SMILES string of the molecule is CCC(C)C(c1ccccc1)c1nnc(CN)n1C1CC1. The van der Waals surface area contributed by atoms with E-state index >= 15 is 0 Å². The molecule has 0 spiro atoms. The summed E-state index contributed by atoms with van der Waals surface area (Å²) in [5.41, 5.74) is 7.18. The molecule has 112 valence electrons. The zero-order valence-electron chi connectivity index (χ0n) is 12.9. The van der Waals surface area contributed by atoms with E-state index in [1.54, 1.807) is 0 Å². The molecule has 0 saturated heterocycles. The average Bonchev–Trinajstić information content (AvgIpc) is 3.28. The number of aromatic nitrogens is 3. The molecule has 2 N–H and O–H groups in total. The summed E-state index contributed by atoms with van der Waals surface area (Å²) in [4.78, 5) is 0. The van der Waals surface area contributed by atoms with E-state index in [-0.39, 0.29) is 0 Å². The molecular formula is C17H24N4. The molecule has 21 heavy (non-hydrogen) atoms. The molecule has 0 aliphatic heterocycles. The van der Waals surface area contributed by atoms with Gasteiger partial charge in [-0.1, -0.05) is 50.6 Å². The van der Waals surface area contributed by atoms with Crippen LogP contribution in [0.1, 0.15) is 62.3 Å². The number of nitrogens with zero attached hydrogens (tertiary/aromatic N) is 3. The summed E-state index contributed by atoms with van der Waals surface area (Å²) >= 11 is 0. The van der Waals surface area contributed by atoms with Crippen molar-refractivity contribution < 1.29 is 0 Å². The number of nitrogens with two attached hydrogens (primary N) is 1. The van der Waals surface area contributed by atoms with Gasteiger partial charge in [0.15, 0.2) is 0 Å². The Labute approximate surface area is 126 Å². The van der Waals surface area contributed by atoms with Gasteiger partial charge in [-0.25, -0.2) is 0 Å². The molecule has 2 aromatic rings. The van der Waals surface area contributed by atoms with E-state index in [1.165, 1.54) is 18.4 Å². The first-order valence-corrected chi connectivity index (χ1v) is 7.94. The highest BCUT2D eigenvalue weighted by Crippen LogP contribution is 2.41. The first-order valence-electron chi connectivity index (χ1n) is 7.94. The Hall–Kier alpha value is -1.68. The fraction of sp³-hybridized carbons (Fsp3) is 0.529. The largest absolute Gasteiger partial charge is 0.324 e. The van der Waals surface area contributed by atoms with Crippen LogP contribution in [0.25, 0.3) is 0 Å². The van der Waals surface area contributed by atoms with E-state index < -0.39 is 0 Å². The molecule has 0 radical (unpaired) electrons. The Kier molecular flexibility index (Phi) is 4.06. The Morgan fingerprint density at radius 2 is 1.95 bits per heavy atom. The summed E-state index contributed by atoms with van der Waals surface area (Å²) in [6.45, 7) is 5.00. The van der Waals surface area contributed by atoms with E-state index in [9.17, 15) is 0 Å². The van der Waals surface area contributed by atoms with Crippen molar-refractivity contribution in [3.8, 4) is 0 Å².